The highest BCUT2D eigenvalue weighted by molar-refractivity contribution is 7.80. The van der Waals surface area contributed by atoms with Crippen molar-refractivity contribution in [1.29, 1.82) is 0 Å². The molecular formula is C19H43NO4S. The van der Waals surface area contributed by atoms with E-state index in [1.165, 1.54) is 57.9 Å². The number of hydrogen-bond donors (Lipinski definition) is 1. The van der Waals surface area contributed by atoms with Crippen LogP contribution in [0.1, 0.15) is 97.8 Å². The Morgan fingerprint density at radius 1 is 0.840 bits per heavy atom. The van der Waals surface area contributed by atoms with E-state index in [1.807, 2.05) is 6.92 Å². The van der Waals surface area contributed by atoms with Crippen molar-refractivity contribution in [2.45, 2.75) is 104 Å². The first-order valence-corrected chi connectivity index (χ1v) is 11.4. The molecule has 0 radical (unpaired) electrons. The first-order chi connectivity index (χ1) is 11.8. The minimum absolute atomic E-state index is 0.375. The summed E-state index contributed by atoms with van der Waals surface area (Å²) in [7, 11) is -0.122. The monoisotopic (exact) mass is 381 g/mol. The maximum atomic E-state index is 10.6. The Hall–Kier alpha value is -0.170. The van der Waals surface area contributed by atoms with Gasteiger partial charge in [-0.05, 0) is 39.9 Å². The standard InChI is InChI=1S/C14H30O4S.C5H13N/c1-3-5-6-7-8-9-10-11-12-13-14(4-2)18-19(15,16)17;1-4-5-6(2)3/h14H,3-13H2,1-2H3,(H,15,16,17);4-5H2,1-3H3. The maximum absolute atomic E-state index is 10.6. The zero-order valence-corrected chi connectivity index (χ0v) is 18.1. The normalized spacial score (nSPS) is 12.8. The molecule has 1 atom stereocenters. The highest BCUT2D eigenvalue weighted by Gasteiger charge is 2.14. The van der Waals surface area contributed by atoms with E-state index in [4.69, 9.17) is 4.55 Å². The topological polar surface area (TPSA) is 66.8 Å². The molecule has 6 heteroatoms. The second-order valence-electron chi connectivity index (χ2n) is 6.97. The van der Waals surface area contributed by atoms with Crippen molar-refractivity contribution in [2.24, 2.45) is 0 Å². The Morgan fingerprint density at radius 2 is 1.32 bits per heavy atom. The summed E-state index contributed by atoms with van der Waals surface area (Å²) >= 11 is 0. The van der Waals surface area contributed by atoms with Gasteiger partial charge >= 0.3 is 10.4 Å². The van der Waals surface area contributed by atoms with Gasteiger partial charge in [0.2, 0.25) is 0 Å². The molecule has 0 aromatic rings. The highest BCUT2D eigenvalue weighted by Crippen LogP contribution is 2.14. The van der Waals surface area contributed by atoms with Crippen LogP contribution in [0.5, 0.6) is 0 Å². The summed E-state index contributed by atoms with van der Waals surface area (Å²) in [5.41, 5.74) is 0. The summed E-state index contributed by atoms with van der Waals surface area (Å²) in [6.07, 6.45) is 13.3. The van der Waals surface area contributed by atoms with Crippen molar-refractivity contribution < 1.29 is 17.2 Å². The highest BCUT2D eigenvalue weighted by atomic mass is 32.3. The summed E-state index contributed by atoms with van der Waals surface area (Å²) < 4.78 is 34.4. The van der Waals surface area contributed by atoms with Crippen LogP contribution in [0.25, 0.3) is 0 Å². The van der Waals surface area contributed by atoms with Gasteiger partial charge in [0.25, 0.3) is 0 Å². The zero-order valence-electron chi connectivity index (χ0n) is 17.3. The second kappa shape index (κ2) is 18.6. The molecule has 0 rings (SSSR count). The zero-order chi connectivity index (χ0) is 19.6. The third-order valence-electron chi connectivity index (χ3n) is 4.01. The largest absolute Gasteiger partial charge is 0.397 e. The average molecular weight is 382 g/mol. The van der Waals surface area contributed by atoms with Crippen LogP contribution in [-0.4, -0.2) is 44.6 Å². The van der Waals surface area contributed by atoms with Gasteiger partial charge in [0.05, 0.1) is 6.10 Å². The van der Waals surface area contributed by atoms with Crippen LogP contribution in [0.4, 0.5) is 0 Å². The van der Waals surface area contributed by atoms with E-state index in [-0.39, 0.29) is 6.10 Å². The Kier molecular flexibility index (Phi) is 20.1. The van der Waals surface area contributed by atoms with Crippen molar-refractivity contribution in [3.05, 3.63) is 0 Å². The molecule has 25 heavy (non-hydrogen) atoms. The van der Waals surface area contributed by atoms with E-state index in [2.05, 4.69) is 37.0 Å². The molecule has 0 spiro atoms. The van der Waals surface area contributed by atoms with E-state index < -0.39 is 10.4 Å². The quantitative estimate of drug-likeness (QED) is 0.301. The predicted octanol–water partition coefficient (Wildman–Crippen LogP) is 5.46. The predicted molar refractivity (Wildman–Crippen MR) is 107 cm³/mol. The lowest BCUT2D eigenvalue weighted by atomic mass is 10.0. The van der Waals surface area contributed by atoms with Crippen LogP contribution < -0.4 is 0 Å². The van der Waals surface area contributed by atoms with Crippen LogP contribution >= 0.6 is 0 Å². The van der Waals surface area contributed by atoms with Crippen LogP contribution in [0, 0.1) is 0 Å². The van der Waals surface area contributed by atoms with Gasteiger partial charge in [-0.15, -0.1) is 0 Å². The Balaban J connectivity index is 0. The molecule has 1 N–H and O–H groups in total. The van der Waals surface area contributed by atoms with Gasteiger partial charge in [0.1, 0.15) is 0 Å². The molecule has 1 unspecified atom stereocenters. The molecule has 0 fully saturated rings. The Morgan fingerprint density at radius 3 is 1.64 bits per heavy atom. The summed E-state index contributed by atoms with van der Waals surface area (Å²) in [6.45, 7) is 7.47. The second-order valence-corrected chi connectivity index (χ2v) is 8.02. The van der Waals surface area contributed by atoms with E-state index in [9.17, 15) is 8.42 Å². The minimum atomic E-state index is -4.30. The van der Waals surface area contributed by atoms with Crippen molar-refractivity contribution in [1.82, 2.24) is 4.90 Å². The first kappa shape index (κ1) is 27.1. The number of rotatable bonds is 15. The summed E-state index contributed by atoms with van der Waals surface area (Å²) in [6, 6.07) is 0. The molecule has 5 nitrogen and oxygen atoms in total. The molecule has 0 aromatic heterocycles. The number of nitrogens with zero attached hydrogens (tertiary/aromatic N) is 1. The molecule has 0 saturated heterocycles. The number of hydrogen-bond acceptors (Lipinski definition) is 4. The molecule has 0 bridgehead atoms. The summed E-state index contributed by atoms with van der Waals surface area (Å²) in [5, 5.41) is 0. The fourth-order valence-corrected chi connectivity index (χ4v) is 3.20. The van der Waals surface area contributed by atoms with E-state index >= 15 is 0 Å². The molecule has 0 amide bonds. The minimum Gasteiger partial charge on any atom is -0.309 e. The molecule has 154 valence electrons. The van der Waals surface area contributed by atoms with Crippen molar-refractivity contribution in [3.63, 3.8) is 0 Å². The molecule has 0 aliphatic heterocycles. The summed E-state index contributed by atoms with van der Waals surface area (Å²) in [4.78, 5) is 2.18. The lowest BCUT2D eigenvalue weighted by molar-refractivity contribution is 0.165. The molecule has 0 aliphatic rings. The molecule has 0 heterocycles. The fourth-order valence-electron chi connectivity index (χ4n) is 2.62. The van der Waals surface area contributed by atoms with E-state index in [0.29, 0.717) is 12.8 Å². The van der Waals surface area contributed by atoms with Gasteiger partial charge in [-0.2, -0.15) is 8.42 Å². The fraction of sp³-hybridized carbons (Fsp3) is 1.00. The third kappa shape index (κ3) is 26.2. The van der Waals surface area contributed by atoms with E-state index in [1.54, 1.807) is 0 Å². The lowest BCUT2D eigenvalue weighted by Gasteiger charge is -2.12. The van der Waals surface area contributed by atoms with Gasteiger partial charge in [-0.25, -0.2) is 4.18 Å². The first-order valence-electron chi connectivity index (χ1n) is 10.1. The summed E-state index contributed by atoms with van der Waals surface area (Å²) in [5.74, 6) is 0. The SMILES string of the molecule is CCCCCCCCCCCC(CC)OS(=O)(=O)O.CCCN(C)C. The number of unbranched alkanes of at least 4 members (excludes halogenated alkanes) is 8. The van der Waals surface area contributed by atoms with Gasteiger partial charge < -0.3 is 4.90 Å². The Bertz CT molecular complexity index is 358. The van der Waals surface area contributed by atoms with Crippen LogP contribution in [0.3, 0.4) is 0 Å². The van der Waals surface area contributed by atoms with E-state index in [0.717, 1.165) is 12.8 Å². The average Bonchev–Trinajstić information content (AvgIpc) is 2.51. The van der Waals surface area contributed by atoms with Crippen molar-refractivity contribution in [3.8, 4) is 0 Å². The molecule has 0 aromatic carbocycles. The molecule has 0 aliphatic carbocycles. The van der Waals surface area contributed by atoms with Crippen LogP contribution in [-0.2, 0) is 14.6 Å². The van der Waals surface area contributed by atoms with Gasteiger partial charge in [0, 0.05) is 0 Å². The lowest BCUT2D eigenvalue weighted by Crippen LogP contribution is -2.16. The van der Waals surface area contributed by atoms with Crippen molar-refractivity contribution >= 4 is 10.4 Å². The van der Waals surface area contributed by atoms with Gasteiger partial charge in [-0.3, -0.25) is 4.55 Å². The Labute approximate surface area is 157 Å². The molecular weight excluding hydrogens is 338 g/mol. The maximum Gasteiger partial charge on any atom is 0.397 e. The smallest absolute Gasteiger partial charge is 0.309 e. The van der Waals surface area contributed by atoms with Crippen LogP contribution in [0.2, 0.25) is 0 Å². The molecule has 0 saturated carbocycles. The van der Waals surface area contributed by atoms with Gasteiger partial charge in [0.15, 0.2) is 0 Å². The van der Waals surface area contributed by atoms with Crippen LogP contribution in [0.15, 0.2) is 0 Å². The third-order valence-corrected chi connectivity index (χ3v) is 4.53. The van der Waals surface area contributed by atoms with Crippen molar-refractivity contribution in [2.75, 3.05) is 20.6 Å². The van der Waals surface area contributed by atoms with Gasteiger partial charge in [-0.1, -0.05) is 78.6 Å².